The van der Waals surface area contributed by atoms with Gasteiger partial charge in [-0.3, -0.25) is 18.9 Å². The van der Waals surface area contributed by atoms with Crippen molar-refractivity contribution >= 4 is 42.0 Å². The minimum Gasteiger partial charge on any atom is -0.481 e. The SMILES string of the molecule is CCC(C)C(NC(=O)[C@H](Cc1cnc[nH]1)NC(=O)[C@@H](Cc1cccc2ccccc12)NC(=O)OCc1ccccc1)P(=O)(O)C(Cc1ccccc1)C(=O)O. The molecule has 0 aliphatic rings. The molecule has 13 nitrogen and oxygen atoms in total. The van der Waals surface area contributed by atoms with Gasteiger partial charge in [0.25, 0.3) is 0 Å². The van der Waals surface area contributed by atoms with Crippen LogP contribution in [0.2, 0.25) is 0 Å². The molecule has 288 valence electrons. The molecule has 14 heteroatoms. The predicted octanol–water partition coefficient (Wildman–Crippen LogP) is 5.58. The van der Waals surface area contributed by atoms with Gasteiger partial charge in [0.15, 0.2) is 0 Å². The molecule has 0 saturated heterocycles. The number of rotatable bonds is 18. The highest BCUT2D eigenvalue weighted by Gasteiger charge is 2.47. The predicted molar refractivity (Wildman–Crippen MR) is 208 cm³/mol. The van der Waals surface area contributed by atoms with Crippen molar-refractivity contribution in [3.05, 3.63) is 138 Å². The summed E-state index contributed by atoms with van der Waals surface area (Å²) in [5, 5.41) is 20.1. The summed E-state index contributed by atoms with van der Waals surface area (Å²) in [6, 6.07) is 28.2. The monoisotopic (exact) mass is 767 g/mol. The number of nitrogens with zero attached hydrogens (tertiary/aromatic N) is 1. The molecule has 4 aromatic carbocycles. The number of nitrogens with one attached hydrogen (secondary N) is 4. The van der Waals surface area contributed by atoms with Gasteiger partial charge in [0.1, 0.15) is 30.1 Å². The Balaban J connectivity index is 1.42. The molecule has 0 saturated carbocycles. The van der Waals surface area contributed by atoms with Crippen molar-refractivity contribution in [1.82, 2.24) is 25.9 Å². The minimum atomic E-state index is -4.68. The second kappa shape index (κ2) is 19.0. The first kappa shape index (κ1) is 40.4. The summed E-state index contributed by atoms with van der Waals surface area (Å²) in [4.78, 5) is 72.7. The second-order valence-corrected chi connectivity index (χ2v) is 16.0. The van der Waals surface area contributed by atoms with Gasteiger partial charge in [-0.05, 0) is 39.8 Å². The van der Waals surface area contributed by atoms with E-state index in [2.05, 4.69) is 25.9 Å². The maximum absolute atomic E-state index is 14.3. The molecule has 5 rings (SSSR count). The Morgan fingerprint density at radius 2 is 1.40 bits per heavy atom. The summed E-state index contributed by atoms with van der Waals surface area (Å²) in [7, 11) is -4.68. The molecule has 55 heavy (non-hydrogen) atoms. The van der Waals surface area contributed by atoms with Crippen LogP contribution in [0, 0.1) is 5.92 Å². The number of aromatic amines is 1. The number of alkyl carbamates (subject to hydrolysis) is 1. The lowest BCUT2D eigenvalue weighted by Crippen LogP contribution is -2.57. The first-order valence-electron chi connectivity index (χ1n) is 18.1. The molecular formula is C41H46N5O8P. The minimum absolute atomic E-state index is 0.0349. The van der Waals surface area contributed by atoms with E-state index in [0.29, 0.717) is 17.7 Å². The van der Waals surface area contributed by atoms with Gasteiger partial charge < -0.3 is 35.7 Å². The number of carbonyl (C=O) groups excluding carboxylic acids is 3. The molecule has 4 unspecified atom stereocenters. The fourth-order valence-electron chi connectivity index (χ4n) is 6.38. The third kappa shape index (κ3) is 10.9. The van der Waals surface area contributed by atoms with Crippen LogP contribution in [0.3, 0.4) is 0 Å². The summed E-state index contributed by atoms with van der Waals surface area (Å²) in [5.74, 6) is -5.10. The summed E-state index contributed by atoms with van der Waals surface area (Å²) in [6.07, 6.45) is 2.07. The number of carboxylic acids is 1. The molecule has 1 heterocycles. The van der Waals surface area contributed by atoms with Crippen LogP contribution in [-0.4, -0.2) is 67.4 Å². The molecular weight excluding hydrogens is 721 g/mol. The van der Waals surface area contributed by atoms with E-state index in [0.717, 1.165) is 21.9 Å². The number of fused-ring (bicyclic) bond motifs is 1. The number of carboxylic acid groups (broad SMARTS) is 1. The Morgan fingerprint density at radius 1 is 0.782 bits per heavy atom. The number of amides is 3. The summed E-state index contributed by atoms with van der Waals surface area (Å²) in [6.45, 7) is 3.38. The summed E-state index contributed by atoms with van der Waals surface area (Å²) >= 11 is 0. The fourth-order valence-corrected chi connectivity index (χ4v) is 8.81. The van der Waals surface area contributed by atoms with E-state index < -0.39 is 60.7 Å². The van der Waals surface area contributed by atoms with E-state index in [1.165, 1.54) is 12.5 Å². The van der Waals surface area contributed by atoms with Crippen molar-refractivity contribution < 1.29 is 38.5 Å². The Kier molecular flexibility index (Phi) is 14.0. The molecule has 0 fully saturated rings. The third-order valence-electron chi connectivity index (χ3n) is 9.61. The van der Waals surface area contributed by atoms with E-state index >= 15 is 0 Å². The Labute approximate surface area is 319 Å². The van der Waals surface area contributed by atoms with Gasteiger partial charge in [0, 0.05) is 24.7 Å². The van der Waals surface area contributed by atoms with E-state index in [-0.39, 0.29) is 25.9 Å². The van der Waals surface area contributed by atoms with Crippen molar-refractivity contribution in [3.63, 3.8) is 0 Å². The topological polar surface area (TPSA) is 200 Å². The van der Waals surface area contributed by atoms with Gasteiger partial charge in [0.05, 0.1) is 6.33 Å². The number of ether oxygens (including phenoxy) is 1. The van der Waals surface area contributed by atoms with Crippen LogP contribution >= 0.6 is 7.37 Å². The second-order valence-electron chi connectivity index (χ2n) is 13.5. The number of hydrogen-bond acceptors (Lipinski definition) is 7. The van der Waals surface area contributed by atoms with Gasteiger partial charge in [-0.2, -0.15) is 0 Å². The quantitative estimate of drug-likeness (QED) is 0.0616. The van der Waals surface area contributed by atoms with E-state index in [1.54, 1.807) is 56.3 Å². The normalized spacial score (nSPS) is 15.0. The van der Waals surface area contributed by atoms with Crippen LogP contribution in [0.1, 0.15) is 42.7 Å². The number of carbonyl (C=O) groups is 4. The standard InChI is InChI=1S/C41H46N5O8P/c1-3-27(2)39(55(52,53)36(40(49)50)21-28-13-6-4-7-14-28)46-38(48)35(23-32-24-42-26-43-32)44-37(47)34(45-41(51)54-25-29-15-8-5-9-16-29)22-31-19-12-18-30-17-10-11-20-33(30)31/h4-20,24,26-27,34-36,39H,3,21-23,25H2,1-2H3,(H,42,43)(H,44,47)(H,45,51)(H,46,48)(H,49,50)(H,52,53)/t27?,34-,35+,36?,39?/m1/s1. The number of imidazole rings is 1. The van der Waals surface area contributed by atoms with Crippen molar-refractivity contribution in [3.8, 4) is 0 Å². The lowest BCUT2D eigenvalue weighted by atomic mass is 9.98. The average Bonchev–Trinajstić information content (AvgIpc) is 3.71. The summed E-state index contributed by atoms with van der Waals surface area (Å²) < 4.78 is 19.7. The van der Waals surface area contributed by atoms with Crippen LogP contribution in [-0.2, 0) is 49.6 Å². The number of H-pyrrole nitrogens is 1. The molecule has 0 radical (unpaired) electrons. The van der Waals surface area contributed by atoms with Crippen LogP contribution in [0.25, 0.3) is 10.8 Å². The third-order valence-corrected chi connectivity index (χ3v) is 12.3. The Bertz CT molecular complexity index is 2090. The van der Waals surface area contributed by atoms with Crippen LogP contribution in [0.4, 0.5) is 4.79 Å². The molecule has 5 aromatic rings. The van der Waals surface area contributed by atoms with Crippen molar-refractivity contribution in [2.45, 2.75) is 69.7 Å². The molecule has 0 aliphatic carbocycles. The molecule has 6 N–H and O–H groups in total. The maximum Gasteiger partial charge on any atom is 0.408 e. The Morgan fingerprint density at radius 3 is 2.05 bits per heavy atom. The van der Waals surface area contributed by atoms with Gasteiger partial charge in [-0.25, -0.2) is 9.78 Å². The van der Waals surface area contributed by atoms with Gasteiger partial charge in [-0.1, -0.05) is 123 Å². The number of aliphatic carboxylic acids is 1. The zero-order chi connectivity index (χ0) is 39.4. The molecule has 1 aromatic heterocycles. The first-order chi connectivity index (χ1) is 26.5. The highest BCUT2D eigenvalue weighted by molar-refractivity contribution is 7.60. The Hall–Kier alpha value is -5.78. The number of hydrogen-bond donors (Lipinski definition) is 6. The molecule has 6 atom stereocenters. The van der Waals surface area contributed by atoms with Gasteiger partial charge >= 0.3 is 12.1 Å². The lowest BCUT2D eigenvalue weighted by molar-refractivity contribution is -0.136. The highest BCUT2D eigenvalue weighted by atomic mass is 31.2. The first-order valence-corrected chi connectivity index (χ1v) is 19.9. The van der Waals surface area contributed by atoms with Gasteiger partial charge in [0.2, 0.25) is 19.2 Å². The van der Waals surface area contributed by atoms with Crippen LogP contribution in [0.15, 0.2) is 116 Å². The molecule has 0 aliphatic heterocycles. The smallest absolute Gasteiger partial charge is 0.408 e. The number of benzene rings is 4. The molecule has 0 bridgehead atoms. The van der Waals surface area contributed by atoms with Crippen molar-refractivity contribution in [2.24, 2.45) is 5.92 Å². The maximum atomic E-state index is 14.3. The molecule has 0 spiro atoms. The van der Waals surface area contributed by atoms with E-state index in [1.807, 2.05) is 60.7 Å². The zero-order valence-electron chi connectivity index (χ0n) is 30.6. The lowest BCUT2D eigenvalue weighted by Gasteiger charge is -2.33. The van der Waals surface area contributed by atoms with Crippen LogP contribution < -0.4 is 16.0 Å². The largest absolute Gasteiger partial charge is 0.481 e. The highest BCUT2D eigenvalue weighted by Crippen LogP contribution is 2.54. The average molecular weight is 768 g/mol. The van der Waals surface area contributed by atoms with E-state index in [4.69, 9.17) is 4.74 Å². The number of aromatic nitrogens is 2. The zero-order valence-corrected chi connectivity index (χ0v) is 31.5. The van der Waals surface area contributed by atoms with Gasteiger partial charge in [-0.15, -0.1) is 0 Å². The fraction of sp³-hybridized carbons (Fsp3) is 0.293. The molecule has 3 amide bonds. The van der Waals surface area contributed by atoms with Crippen LogP contribution in [0.5, 0.6) is 0 Å². The summed E-state index contributed by atoms with van der Waals surface area (Å²) in [5.41, 5.74) is 0.809. The van der Waals surface area contributed by atoms with Crippen molar-refractivity contribution in [2.75, 3.05) is 0 Å². The van der Waals surface area contributed by atoms with E-state index in [9.17, 15) is 33.7 Å². The van der Waals surface area contributed by atoms with Crippen molar-refractivity contribution in [1.29, 1.82) is 0 Å².